The number of nitrogens with zero attached hydrogens (tertiary/aromatic N) is 1. The lowest BCUT2D eigenvalue weighted by atomic mass is 9.94. The maximum atomic E-state index is 11.9. The molecule has 1 N–H and O–H groups in total. The number of aryl methyl sites for hydroxylation is 3. The van der Waals surface area contributed by atoms with Crippen molar-refractivity contribution < 1.29 is 4.79 Å². The van der Waals surface area contributed by atoms with Crippen LogP contribution in [0.1, 0.15) is 27.8 Å². The summed E-state index contributed by atoms with van der Waals surface area (Å²) in [6.07, 6.45) is 0. The van der Waals surface area contributed by atoms with E-state index >= 15 is 0 Å². The Morgan fingerprint density at radius 1 is 0.952 bits per heavy atom. The zero-order chi connectivity index (χ0) is 15.0. The third kappa shape index (κ3) is 2.47. The minimum absolute atomic E-state index is 0.0666. The van der Waals surface area contributed by atoms with E-state index in [4.69, 9.17) is 0 Å². The Bertz CT molecular complexity index is 760. The minimum Gasteiger partial charge on any atom is -0.324 e. The largest absolute Gasteiger partial charge is 0.324 e. The predicted octanol–water partition coefficient (Wildman–Crippen LogP) is 3.40. The average molecular weight is 278 g/mol. The molecular weight excluding hydrogens is 260 g/mol. The highest BCUT2D eigenvalue weighted by Crippen LogP contribution is 2.27. The van der Waals surface area contributed by atoms with Gasteiger partial charge >= 0.3 is 0 Å². The molecule has 2 aromatic rings. The van der Waals surface area contributed by atoms with E-state index < -0.39 is 0 Å². The zero-order valence-electron chi connectivity index (χ0n) is 12.5. The summed E-state index contributed by atoms with van der Waals surface area (Å²) in [6.45, 7) is 6.37. The molecule has 0 saturated heterocycles. The maximum Gasteiger partial charge on any atom is 0.246 e. The molecule has 0 radical (unpaired) electrons. The molecule has 0 atom stereocenters. The number of hydrogen-bond acceptors (Lipinski definition) is 2. The highest BCUT2D eigenvalue weighted by Gasteiger charge is 2.19. The Balaban J connectivity index is 2.25. The Hall–Kier alpha value is -2.42. The van der Waals surface area contributed by atoms with Crippen molar-refractivity contribution in [2.45, 2.75) is 20.8 Å². The highest BCUT2D eigenvalue weighted by atomic mass is 16.1. The quantitative estimate of drug-likeness (QED) is 0.853. The third-order valence-electron chi connectivity index (χ3n) is 3.94. The number of amides is 1. The van der Waals surface area contributed by atoms with Crippen molar-refractivity contribution >= 4 is 17.3 Å². The molecular formula is C18H18N2O. The fourth-order valence-electron chi connectivity index (χ4n) is 2.61. The normalized spacial score (nSPS) is 14.0. The van der Waals surface area contributed by atoms with Crippen LogP contribution in [-0.2, 0) is 4.79 Å². The van der Waals surface area contributed by atoms with Gasteiger partial charge < -0.3 is 5.32 Å². The Morgan fingerprint density at radius 2 is 1.67 bits per heavy atom. The number of nitrogens with one attached hydrogen (secondary N) is 1. The van der Waals surface area contributed by atoms with Crippen molar-refractivity contribution in [3.8, 4) is 0 Å². The van der Waals surface area contributed by atoms with Gasteiger partial charge in [-0.15, -0.1) is 0 Å². The molecule has 0 unspecified atom stereocenters. The monoisotopic (exact) mass is 278 g/mol. The number of rotatable bonds is 1. The van der Waals surface area contributed by atoms with Crippen molar-refractivity contribution in [2.75, 3.05) is 11.9 Å². The summed E-state index contributed by atoms with van der Waals surface area (Å²) in [5.41, 5.74) is 7.35. The van der Waals surface area contributed by atoms with E-state index in [0.29, 0.717) is 0 Å². The molecule has 106 valence electrons. The maximum absolute atomic E-state index is 11.9. The average Bonchev–Trinajstić information content (AvgIpc) is 2.59. The number of carbonyl (C=O) groups is 1. The van der Waals surface area contributed by atoms with Crippen molar-refractivity contribution in [3.63, 3.8) is 0 Å². The smallest absolute Gasteiger partial charge is 0.246 e. The SMILES string of the molecule is Cc1cc2c(cc1C)C(c1ccccc1C)=NCC(=O)N2. The minimum atomic E-state index is -0.0666. The van der Waals surface area contributed by atoms with Crippen molar-refractivity contribution in [1.82, 2.24) is 0 Å². The number of carbonyl (C=O) groups excluding carboxylic acids is 1. The summed E-state index contributed by atoms with van der Waals surface area (Å²) in [7, 11) is 0. The van der Waals surface area contributed by atoms with E-state index in [-0.39, 0.29) is 12.5 Å². The molecule has 2 aromatic carbocycles. The van der Waals surface area contributed by atoms with E-state index in [1.807, 2.05) is 18.2 Å². The first-order chi connectivity index (χ1) is 10.1. The van der Waals surface area contributed by atoms with Gasteiger partial charge in [0.15, 0.2) is 0 Å². The molecule has 0 spiro atoms. The van der Waals surface area contributed by atoms with Crippen LogP contribution in [0.15, 0.2) is 41.4 Å². The summed E-state index contributed by atoms with van der Waals surface area (Å²) in [5.74, 6) is -0.0666. The molecule has 0 aromatic heterocycles. The molecule has 3 heteroatoms. The molecule has 0 bridgehead atoms. The molecule has 3 nitrogen and oxygen atoms in total. The van der Waals surface area contributed by atoms with Crippen LogP contribution in [0.4, 0.5) is 5.69 Å². The second-order valence-corrected chi connectivity index (χ2v) is 5.51. The molecule has 0 saturated carbocycles. The van der Waals surface area contributed by atoms with E-state index in [1.54, 1.807) is 0 Å². The first kappa shape index (κ1) is 13.6. The van der Waals surface area contributed by atoms with Crippen LogP contribution >= 0.6 is 0 Å². The molecule has 21 heavy (non-hydrogen) atoms. The van der Waals surface area contributed by atoms with Gasteiger partial charge in [-0.2, -0.15) is 0 Å². The zero-order valence-corrected chi connectivity index (χ0v) is 12.5. The third-order valence-corrected chi connectivity index (χ3v) is 3.94. The van der Waals surface area contributed by atoms with Gasteiger partial charge in [-0.1, -0.05) is 24.3 Å². The van der Waals surface area contributed by atoms with Gasteiger partial charge in [0.2, 0.25) is 5.91 Å². The van der Waals surface area contributed by atoms with Gasteiger partial charge in [0, 0.05) is 11.1 Å². The summed E-state index contributed by atoms with van der Waals surface area (Å²) >= 11 is 0. The Kier molecular flexibility index (Phi) is 3.34. The van der Waals surface area contributed by atoms with Gasteiger partial charge in [0.25, 0.3) is 0 Å². The van der Waals surface area contributed by atoms with Crippen LogP contribution in [0.2, 0.25) is 0 Å². The van der Waals surface area contributed by atoms with Crippen LogP contribution in [0.25, 0.3) is 0 Å². The lowest BCUT2D eigenvalue weighted by Crippen LogP contribution is -2.13. The Labute approximate surface area is 124 Å². The van der Waals surface area contributed by atoms with Gasteiger partial charge in [-0.3, -0.25) is 9.79 Å². The van der Waals surface area contributed by atoms with E-state index in [0.717, 1.165) is 28.1 Å². The van der Waals surface area contributed by atoms with Crippen LogP contribution < -0.4 is 5.32 Å². The standard InChI is InChI=1S/C18H18N2O/c1-11-6-4-5-7-14(11)18-15-8-12(2)13(3)9-16(15)20-17(21)10-19-18/h4-9H,10H2,1-3H3,(H,20,21). The van der Waals surface area contributed by atoms with Crippen molar-refractivity contribution in [1.29, 1.82) is 0 Å². The summed E-state index contributed by atoms with van der Waals surface area (Å²) in [6, 6.07) is 12.3. The first-order valence-corrected chi connectivity index (χ1v) is 7.08. The fourth-order valence-corrected chi connectivity index (χ4v) is 2.61. The number of fused-ring (bicyclic) bond motifs is 1. The van der Waals surface area contributed by atoms with E-state index in [2.05, 4.69) is 49.3 Å². The molecule has 1 aliphatic rings. The first-order valence-electron chi connectivity index (χ1n) is 7.08. The van der Waals surface area contributed by atoms with E-state index in [9.17, 15) is 4.79 Å². The van der Waals surface area contributed by atoms with Crippen LogP contribution in [0.5, 0.6) is 0 Å². The lowest BCUT2D eigenvalue weighted by molar-refractivity contribution is -0.114. The van der Waals surface area contributed by atoms with Gasteiger partial charge in [-0.05, 0) is 49.6 Å². The molecule has 0 fully saturated rings. The number of hydrogen-bond donors (Lipinski definition) is 1. The fraction of sp³-hybridized carbons (Fsp3) is 0.222. The molecule has 1 aliphatic heterocycles. The highest BCUT2D eigenvalue weighted by molar-refractivity contribution is 6.19. The molecule has 3 rings (SSSR count). The van der Waals surface area contributed by atoms with Crippen molar-refractivity contribution in [2.24, 2.45) is 4.99 Å². The summed E-state index contributed by atoms with van der Waals surface area (Å²) < 4.78 is 0. The van der Waals surface area contributed by atoms with Crippen LogP contribution in [0, 0.1) is 20.8 Å². The summed E-state index contributed by atoms with van der Waals surface area (Å²) in [5, 5.41) is 2.96. The number of benzodiazepines with no additional fused rings is 1. The number of aliphatic imine (C=N–C) groups is 1. The predicted molar refractivity (Wildman–Crippen MR) is 86.2 cm³/mol. The topological polar surface area (TPSA) is 41.5 Å². The second-order valence-electron chi connectivity index (χ2n) is 5.51. The molecule has 0 aliphatic carbocycles. The Morgan fingerprint density at radius 3 is 2.43 bits per heavy atom. The van der Waals surface area contributed by atoms with Crippen LogP contribution in [0.3, 0.4) is 0 Å². The van der Waals surface area contributed by atoms with Gasteiger partial charge in [0.05, 0.1) is 11.4 Å². The number of benzene rings is 2. The lowest BCUT2D eigenvalue weighted by Gasteiger charge is -2.14. The molecule has 1 heterocycles. The number of anilines is 1. The van der Waals surface area contributed by atoms with Crippen LogP contribution in [-0.4, -0.2) is 18.2 Å². The van der Waals surface area contributed by atoms with E-state index in [1.165, 1.54) is 11.1 Å². The second kappa shape index (κ2) is 5.17. The molecule has 1 amide bonds. The van der Waals surface area contributed by atoms with Crippen molar-refractivity contribution in [3.05, 3.63) is 64.2 Å². The summed E-state index contributed by atoms with van der Waals surface area (Å²) in [4.78, 5) is 16.4. The van der Waals surface area contributed by atoms with Gasteiger partial charge in [0.1, 0.15) is 6.54 Å². The van der Waals surface area contributed by atoms with Gasteiger partial charge in [-0.25, -0.2) is 0 Å².